The molecule has 0 bridgehead atoms. The van der Waals surface area contributed by atoms with Crippen LogP contribution in [0.25, 0.3) is 15.8 Å². The Hall–Kier alpha value is -1.37. The standard InChI is InChI=1S/C15H13FN2OS2/c1-8(19)13-12(18-4-3-17-15(18)21-13)10-6-9-2-5-20-14(9)11(16)7-10/h2,5-8,19H,3-4H2,1H3. The summed E-state index contributed by atoms with van der Waals surface area (Å²) in [6.45, 7) is 3.28. The molecular formula is C15H13FN2OS2. The van der Waals surface area contributed by atoms with Crippen molar-refractivity contribution in [3.63, 3.8) is 0 Å². The first-order chi connectivity index (χ1) is 10.1. The van der Waals surface area contributed by atoms with E-state index in [0.717, 1.165) is 39.8 Å². The zero-order valence-electron chi connectivity index (χ0n) is 11.3. The second kappa shape index (κ2) is 4.83. The van der Waals surface area contributed by atoms with Gasteiger partial charge in [0, 0.05) is 17.0 Å². The Bertz CT molecular complexity index is 794. The van der Waals surface area contributed by atoms with E-state index >= 15 is 0 Å². The van der Waals surface area contributed by atoms with Gasteiger partial charge in [0.05, 0.1) is 23.0 Å². The van der Waals surface area contributed by atoms with Crippen molar-refractivity contribution in [2.45, 2.75) is 13.0 Å². The number of aliphatic hydroxyl groups excluding tert-OH is 1. The maximum atomic E-state index is 14.3. The molecule has 3 nitrogen and oxygen atoms in total. The fourth-order valence-corrected chi connectivity index (χ4v) is 4.68. The molecule has 0 fully saturated rings. The second-order valence-corrected chi connectivity index (χ2v) is 7.03. The van der Waals surface area contributed by atoms with E-state index in [-0.39, 0.29) is 5.82 Å². The number of hydrogen-bond donors (Lipinski definition) is 1. The highest BCUT2D eigenvalue weighted by Crippen LogP contribution is 2.44. The van der Waals surface area contributed by atoms with Gasteiger partial charge in [-0.3, -0.25) is 4.99 Å². The van der Waals surface area contributed by atoms with Crippen molar-refractivity contribution >= 4 is 44.0 Å². The molecule has 1 N–H and O–H groups in total. The number of fused-ring (bicyclic) bond motifs is 2. The number of thiophene rings is 1. The van der Waals surface area contributed by atoms with Crippen LogP contribution in [-0.2, 0) is 0 Å². The van der Waals surface area contributed by atoms with Crippen LogP contribution in [-0.4, -0.2) is 34.4 Å². The maximum absolute atomic E-state index is 14.3. The summed E-state index contributed by atoms with van der Waals surface area (Å²) in [5, 5.41) is 13.7. The third kappa shape index (κ3) is 2.01. The van der Waals surface area contributed by atoms with Gasteiger partial charge >= 0.3 is 0 Å². The Morgan fingerprint density at radius 1 is 1.43 bits per heavy atom. The molecule has 21 heavy (non-hydrogen) atoms. The van der Waals surface area contributed by atoms with Crippen LogP contribution in [0.2, 0.25) is 0 Å². The minimum absolute atomic E-state index is 0.204. The van der Waals surface area contributed by atoms with E-state index in [2.05, 4.69) is 9.89 Å². The molecule has 1 atom stereocenters. The number of benzene rings is 1. The van der Waals surface area contributed by atoms with Crippen molar-refractivity contribution in [1.82, 2.24) is 4.90 Å². The molecule has 0 saturated carbocycles. The lowest BCUT2D eigenvalue weighted by Crippen LogP contribution is -2.20. The van der Waals surface area contributed by atoms with E-state index in [9.17, 15) is 9.50 Å². The lowest BCUT2D eigenvalue weighted by Gasteiger charge is -2.18. The fourth-order valence-electron chi connectivity index (χ4n) is 2.76. The van der Waals surface area contributed by atoms with Crippen LogP contribution in [0.3, 0.4) is 0 Å². The summed E-state index contributed by atoms with van der Waals surface area (Å²) < 4.78 is 15.0. The van der Waals surface area contributed by atoms with Gasteiger partial charge in [-0.15, -0.1) is 11.3 Å². The summed E-state index contributed by atoms with van der Waals surface area (Å²) in [5.74, 6) is -0.204. The number of halogens is 1. The van der Waals surface area contributed by atoms with Crippen LogP contribution in [0, 0.1) is 5.82 Å². The van der Waals surface area contributed by atoms with E-state index in [1.165, 1.54) is 23.1 Å². The van der Waals surface area contributed by atoms with Crippen molar-refractivity contribution < 1.29 is 9.50 Å². The molecule has 0 aliphatic carbocycles. The highest BCUT2D eigenvalue weighted by atomic mass is 32.2. The number of rotatable bonds is 2. The highest BCUT2D eigenvalue weighted by Gasteiger charge is 2.35. The molecule has 3 heterocycles. The third-order valence-corrected chi connectivity index (χ3v) is 5.89. The van der Waals surface area contributed by atoms with Gasteiger partial charge in [0.2, 0.25) is 0 Å². The van der Waals surface area contributed by atoms with Gasteiger partial charge in [-0.1, -0.05) is 11.8 Å². The molecule has 1 aromatic heterocycles. The van der Waals surface area contributed by atoms with Gasteiger partial charge in [-0.2, -0.15) is 0 Å². The lowest BCUT2D eigenvalue weighted by atomic mass is 10.1. The van der Waals surface area contributed by atoms with E-state index in [1.807, 2.05) is 17.5 Å². The summed E-state index contributed by atoms with van der Waals surface area (Å²) in [6.07, 6.45) is -0.584. The Kier molecular flexibility index (Phi) is 3.06. The SMILES string of the molecule is CC(O)C1=C(c2cc(F)c3sccc3c2)N2CCN=C2S1. The maximum Gasteiger partial charge on any atom is 0.168 e. The average molecular weight is 320 g/mol. The zero-order chi connectivity index (χ0) is 14.6. The lowest BCUT2D eigenvalue weighted by molar-refractivity contribution is 0.240. The van der Waals surface area contributed by atoms with Crippen molar-refractivity contribution in [3.8, 4) is 0 Å². The first-order valence-electron chi connectivity index (χ1n) is 6.74. The number of amidine groups is 1. The van der Waals surface area contributed by atoms with Gasteiger partial charge in [-0.25, -0.2) is 4.39 Å². The largest absolute Gasteiger partial charge is 0.388 e. The van der Waals surface area contributed by atoms with Crippen LogP contribution in [0.5, 0.6) is 0 Å². The molecule has 1 unspecified atom stereocenters. The number of aliphatic hydroxyl groups is 1. The molecule has 0 amide bonds. The molecule has 2 aromatic rings. The third-order valence-electron chi connectivity index (χ3n) is 3.66. The normalized spacial score (nSPS) is 19.4. The molecule has 108 valence electrons. The summed E-state index contributed by atoms with van der Waals surface area (Å²) in [5.41, 5.74) is 1.71. The van der Waals surface area contributed by atoms with Crippen molar-refractivity contribution in [2.24, 2.45) is 4.99 Å². The number of hydrogen-bond acceptors (Lipinski definition) is 5. The number of aliphatic imine (C=N–C) groups is 1. The smallest absolute Gasteiger partial charge is 0.168 e. The van der Waals surface area contributed by atoms with Crippen LogP contribution < -0.4 is 0 Å². The summed E-state index contributed by atoms with van der Waals surface area (Å²) >= 11 is 2.90. The Balaban J connectivity index is 1.92. The molecule has 2 aliphatic heterocycles. The van der Waals surface area contributed by atoms with Crippen molar-refractivity contribution in [3.05, 3.63) is 39.9 Å². The van der Waals surface area contributed by atoms with E-state index in [4.69, 9.17) is 0 Å². The van der Waals surface area contributed by atoms with Crippen LogP contribution >= 0.6 is 23.1 Å². The number of thioether (sulfide) groups is 1. The summed E-state index contributed by atoms with van der Waals surface area (Å²) in [6, 6.07) is 5.49. The molecule has 0 saturated heterocycles. The Morgan fingerprint density at radius 2 is 2.29 bits per heavy atom. The number of nitrogens with zero attached hydrogens (tertiary/aromatic N) is 2. The summed E-state index contributed by atoms with van der Waals surface area (Å²) in [7, 11) is 0. The first kappa shape index (κ1) is 13.3. The predicted molar refractivity (Wildman–Crippen MR) is 87.0 cm³/mol. The van der Waals surface area contributed by atoms with Crippen LogP contribution in [0.4, 0.5) is 4.39 Å². The van der Waals surface area contributed by atoms with E-state index < -0.39 is 6.10 Å². The fraction of sp³-hybridized carbons (Fsp3) is 0.267. The quantitative estimate of drug-likeness (QED) is 0.920. The molecule has 2 aliphatic rings. The van der Waals surface area contributed by atoms with Gasteiger partial charge in [0.15, 0.2) is 5.17 Å². The first-order valence-corrected chi connectivity index (χ1v) is 8.44. The second-order valence-electron chi connectivity index (χ2n) is 5.10. The predicted octanol–water partition coefficient (Wildman–Crippen LogP) is 3.51. The van der Waals surface area contributed by atoms with Crippen molar-refractivity contribution in [1.29, 1.82) is 0 Å². The molecule has 0 spiro atoms. The van der Waals surface area contributed by atoms with Crippen LogP contribution in [0.1, 0.15) is 12.5 Å². The highest BCUT2D eigenvalue weighted by molar-refractivity contribution is 8.17. The molecular weight excluding hydrogens is 307 g/mol. The Morgan fingerprint density at radius 3 is 3.10 bits per heavy atom. The van der Waals surface area contributed by atoms with E-state index in [0.29, 0.717) is 4.70 Å². The molecule has 1 aromatic carbocycles. The summed E-state index contributed by atoms with van der Waals surface area (Å²) in [4.78, 5) is 7.37. The molecule has 6 heteroatoms. The van der Waals surface area contributed by atoms with E-state index in [1.54, 1.807) is 13.0 Å². The Labute approximate surface area is 129 Å². The van der Waals surface area contributed by atoms with Crippen molar-refractivity contribution in [2.75, 3.05) is 13.1 Å². The topological polar surface area (TPSA) is 35.8 Å². The van der Waals surface area contributed by atoms with Gasteiger partial charge < -0.3 is 10.0 Å². The zero-order valence-corrected chi connectivity index (χ0v) is 13.0. The van der Waals surface area contributed by atoms with Crippen LogP contribution in [0.15, 0.2) is 33.5 Å². The molecule has 0 radical (unpaired) electrons. The van der Waals surface area contributed by atoms with Gasteiger partial charge in [0.25, 0.3) is 0 Å². The monoisotopic (exact) mass is 320 g/mol. The molecule has 4 rings (SSSR count). The minimum atomic E-state index is -0.584. The average Bonchev–Trinajstić information content (AvgIpc) is 3.12. The van der Waals surface area contributed by atoms with Gasteiger partial charge in [-0.05, 0) is 35.9 Å². The van der Waals surface area contributed by atoms with Gasteiger partial charge in [0.1, 0.15) is 5.82 Å². The minimum Gasteiger partial charge on any atom is -0.388 e.